The molecule has 3 aliphatic rings. The molecule has 0 aliphatic heterocycles. The van der Waals surface area contributed by atoms with E-state index in [-0.39, 0.29) is 0 Å². The highest BCUT2D eigenvalue weighted by Crippen LogP contribution is 2.29. The number of aryl methyl sites for hydroxylation is 4. The number of allylic oxidation sites excluding steroid dienone is 1. The minimum Gasteiger partial charge on any atom is -0.0795 e. The van der Waals surface area contributed by atoms with Crippen LogP contribution in [0.15, 0.2) is 200 Å². The lowest BCUT2D eigenvalue weighted by Crippen LogP contribution is -2.00. The molecule has 55 heavy (non-hydrogen) atoms. The Kier molecular flexibility index (Phi) is 11.5. The van der Waals surface area contributed by atoms with Crippen molar-refractivity contribution in [3.05, 3.63) is 234 Å². The zero-order valence-corrected chi connectivity index (χ0v) is 31.6. The molecule has 9 aromatic rings. The lowest BCUT2D eigenvalue weighted by molar-refractivity contribution is 0.808. The summed E-state index contributed by atoms with van der Waals surface area (Å²) in [4.78, 5) is 0. The number of hydrogen-bond acceptors (Lipinski definition) is 0. The van der Waals surface area contributed by atoms with E-state index in [9.17, 15) is 0 Å². The number of rotatable bonds is 0. The molecule has 0 saturated carbocycles. The van der Waals surface area contributed by atoms with Gasteiger partial charge in [-0.15, -0.1) is 0 Å². The first-order chi connectivity index (χ1) is 27.3. The topological polar surface area (TPSA) is 0 Å². The van der Waals surface area contributed by atoms with Crippen LogP contribution in [-0.2, 0) is 32.1 Å². The third-order valence-corrected chi connectivity index (χ3v) is 10.9. The van der Waals surface area contributed by atoms with Crippen LogP contribution >= 0.6 is 0 Å². The number of fused-ring (bicyclic) bond motifs is 5. The van der Waals surface area contributed by atoms with E-state index in [2.05, 4.69) is 206 Å². The molecular formula is C55H48. The summed E-state index contributed by atoms with van der Waals surface area (Å²) < 4.78 is 0. The lowest BCUT2D eigenvalue weighted by Gasteiger charge is -2.16. The van der Waals surface area contributed by atoms with Crippen molar-refractivity contribution in [2.24, 2.45) is 0 Å². The Morgan fingerprint density at radius 2 is 0.618 bits per heavy atom. The van der Waals surface area contributed by atoms with Gasteiger partial charge in [-0.2, -0.15) is 0 Å². The zero-order valence-electron chi connectivity index (χ0n) is 31.6. The molecule has 9 aromatic carbocycles. The van der Waals surface area contributed by atoms with E-state index in [0.717, 1.165) is 6.42 Å². The van der Waals surface area contributed by atoms with Gasteiger partial charge in [0, 0.05) is 0 Å². The fourth-order valence-corrected chi connectivity index (χ4v) is 8.11. The Balaban J connectivity index is 0.0000000983. The normalized spacial score (nSPS) is 12.9. The van der Waals surface area contributed by atoms with Crippen LogP contribution < -0.4 is 0 Å². The van der Waals surface area contributed by atoms with Gasteiger partial charge in [0.15, 0.2) is 0 Å². The van der Waals surface area contributed by atoms with E-state index < -0.39 is 0 Å². The van der Waals surface area contributed by atoms with Gasteiger partial charge in [0.05, 0.1) is 0 Å². The lowest BCUT2D eigenvalue weighted by atomic mass is 9.89. The second kappa shape index (κ2) is 17.7. The SMILES string of the molecule is C1=Cc2ccccc2C1.c1cc2c3c(cccc3c1)CCC2.c1ccc2c(c1)CCC2.c1ccc2cc3ccccc3cc2c1.c1ccc2ccccc2c1. The quantitative estimate of drug-likeness (QED) is 0.138. The molecule has 0 heterocycles. The summed E-state index contributed by atoms with van der Waals surface area (Å²) in [6, 6.07) is 68.7. The van der Waals surface area contributed by atoms with Gasteiger partial charge >= 0.3 is 0 Å². The van der Waals surface area contributed by atoms with Crippen LogP contribution in [0.25, 0.3) is 49.2 Å². The van der Waals surface area contributed by atoms with Crippen LogP contribution in [0.4, 0.5) is 0 Å². The predicted molar refractivity (Wildman–Crippen MR) is 239 cm³/mol. The second-order valence-electron chi connectivity index (χ2n) is 14.6. The largest absolute Gasteiger partial charge is 0.0795 e. The van der Waals surface area contributed by atoms with Gasteiger partial charge in [-0.1, -0.05) is 194 Å². The fraction of sp³-hybridized carbons (Fsp3) is 0.127. The van der Waals surface area contributed by atoms with Crippen molar-refractivity contribution in [3.63, 3.8) is 0 Å². The molecule has 0 saturated heterocycles. The van der Waals surface area contributed by atoms with Gasteiger partial charge in [0.2, 0.25) is 0 Å². The Labute approximate surface area is 326 Å². The number of benzene rings is 9. The summed E-state index contributed by atoms with van der Waals surface area (Å²) in [7, 11) is 0. The van der Waals surface area contributed by atoms with Crippen LogP contribution in [0.2, 0.25) is 0 Å². The highest BCUT2D eigenvalue weighted by atomic mass is 14.2. The molecule has 0 atom stereocenters. The molecule has 0 N–H and O–H groups in total. The standard InChI is InChI=1S/C14H10.C13H12.C10H8.C9H10.C9H8/c1-2-6-12-10-14-8-4-3-7-13(14)9-11(12)5-1;1-4-10-6-2-8-12-9-3-7-11(5-1)13(10)12;1-2-6-10-8-4-3-7-9(10)5-1;2*1-2-5-9-7-3-6-8(9)4-1/h1-10H;1-2,4-6,8H,3,7,9H2;1-8H;1-2,4-5H,3,6-7H2;1-6H,7H2. The van der Waals surface area contributed by atoms with Crippen LogP contribution in [-0.4, -0.2) is 0 Å². The average Bonchev–Trinajstić information content (AvgIpc) is 3.95. The zero-order chi connectivity index (χ0) is 37.1. The molecule has 0 spiro atoms. The van der Waals surface area contributed by atoms with E-state index >= 15 is 0 Å². The summed E-state index contributed by atoms with van der Waals surface area (Å²) >= 11 is 0. The monoisotopic (exact) mass is 708 g/mol. The molecule has 0 fully saturated rings. The first-order valence-electron chi connectivity index (χ1n) is 19.9. The van der Waals surface area contributed by atoms with Gasteiger partial charge in [-0.05, 0) is 134 Å². The van der Waals surface area contributed by atoms with Gasteiger partial charge < -0.3 is 0 Å². The molecule has 3 aliphatic carbocycles. The predicted octanol–water partition coefficient (Wildman–Crippen LogP) is 14.6. The molecule has 12 rings (SSSR count). The minimum absolute atomic E-state index is 1.12. The maximum Gasteiger partial charge on any atom is -0.00882 e. The minimum atomic E-state index is 1.12. The first-order valence-corrected chi connectivity index (χ1v) is 19.9. The van der Waals surface area contributed by atoms with E-state index in [1.165, 1.54) is 92.7 Å². The van der Waals surface area contributed by atoms with Crippen molar-refractivity contribution in [2.75, 3.05) is 0 Å². The van der Waals surface area contributed by atoms with Crippen molar-refractivity contribution in [1.82, 2.24) is 0 Å². The molecule has 0 bridgehead atoms. The average molecular weight is 709 g/mol. The molecule has 0 heteroatoms. The fourth-order valence-electron chi connectivity index (χ4n) is 8.11. The van der Waals surface area contributed by atoms with Crippen LogP contribution in [0.1, 0.15) is 46.2 Å². The second-order valence-corrected chi connectivity index (χ2v) is 14.6. The highest BCUT2D eigenvalue weighted by Gasteiger charge is 2.10. The van der Waals surface area contributed by atoms with Gasteiger partial charge in [-0.3, -0.25) is 0 Å². The summed E-state index contributed by atoms with van der Waals surface area (Å²) in [6.07, 6.45) is 13.3. The molecular weight excluding hydrogens is 661 g/mol. The van der Waals surface area contributed by atoms with Crippen molar-refractivity contribution in [3.8, 4) is 0 Å². The highest BCUT2D eigenvalue weighted by molar-refractivity contribution is 5.98. The Morgan fingerprint density at radius 1 is 0.273 bits per heavy atom. The van der Waals surface area contributed by atoms with Crippen molar-refractivity contribution < 1.29 is 0 Å². The van der Waals surface area contributed by atoms with Crippen LogP contribution in [0.5, 0.6) is 0 Å². The van der Waals surface area contributed by atoms with E-state index in [0.29, 0.717) is 0 Å². The van der Waals surface area contributed by atoms with Gasteiger partial charge in [0.25, 0.3) is 0 Å². The molecule has 268 valence electrons. The summed E-state index contributed by atoms with van der Waals surface area (Å²) in [6.45, 7) is 0. The smallest absolute Gasteiger partial charge is 0.00882 e. The molecule has 0 aromatic heterocycles. The molecule has 0 unspecified atom stereocenters. The van der Waals surface area contributed by atoms with Crippen molar-refractivity contribution >= 4 is 49.2 Å². The van der Waals surface area contributed by atoms with E-state index in [4.69, 9.17) is 0 Å². The van der Waals surface area contributed by atoms with E-state index in [1.54, 1.807) is 22.3 Å². The van der Waals surface area contributed by atoms with Crippen LogP contribution in [0, 0.1) is 0 Å². The molecule has 0 nitrogen and oxygen atoms in total. The number of hydrogen-bond donors (Lipinski definition) is 0. The van der Waals surface area contributed by atoms with Gasteiger partial charge in [0.1, 0.15) is 0 Å². The van der Waals surface area contributed by atoms with Crippen LogP contribution in [0.3, 0.4) is 0 Å². The summed E-state index contributed by atoms with van der Waals surface area (Å²) in [5, 5.41) is 10.8. The summed E-state index contributed by atoms with van der Waals surface area (Å²) in [5.74, 6) is 0. The first kappa shape index (κ1) is 35.8. The van der Waals surface area contributed by atoms with Crippen molar-refractivity contribution in [2.45, 2.75) is 44.9 Å². The summed E-state index contributed by atoms with van der Waals surface area (Å²) in [5.41, 5.74) is 9.06. The maximum atomic E-state index is 2.27. The molecule has 0 amide bonds. The third kappa shape index (κ3) is 8.94. The Hall–Kier alpha value is -6.24. The van der Waals surface area contributed by atoms with E-state index in [1.807, 2.05) is 0 Å². The Bertz CT molecular complexity index is 2450. The third-order valence-electron chi connectivity index (χ3n) is 10.9. The Morgan fingerprint density at radius 3 is 1.07 bits per heavy atom. The maximum absolute atomic E-state index is 2.27. The molecule has 0 radical (unpaired) electrons. The van der Waals surface area contributed by atoms with Gasteiger partial charge in [-0.25, -0.2) is 0 Å². The van der Waals surface area contributed by atoms with Crippen molar-refractivity contribution in [1.29, 1.82) is 0 Å².